The van der Waals surface area contributed by atoms with Crippen molar-refractivity contribution in [1.29, 1.82) is 0 Å². The van der Waals surface area contributed by atoms with E-state index in [0.29, 0.717) is 0 Å². The standard InChI is InChI=1S/C20H24N2O2/c1-13-7-8-16(19-15(13)6-4-11-24-19)18-17(22-9-5-10-22)12-14(2)21(3)20(18)23/h7-8,12H,4-6,9-11H2,1-3H3. The van der Waals surface area contributed by atoms with Gasteiger partial charge in [-0.15, -0.1) is 0 Å². The van der Waals surface area contributed by atoms with Gasteiger partial charge in [-0.05, 0) is 50.3 Å². The van der Waals surface area contributed by atoms with Gasteiger partial charge in [-0.2, -0.15) is 0 Å². The summed E-state index contributed by atoms with van der Waals surface area (Å²) in [6.45, 7) is 6.90. The minimum Gasteiger partial charge on any atom is -0.493 e. The summed E-state index contributed by atoms with van der Waals surface area (Å²) in [5, 5.41) is 0. The van der Waals surface area contributed by atoms with E-state index in [1.54, 1.807) is 4.57 Å². The Balaban J connectivity index is 2.00. The van der Waals surface area contributed by atoms with Crippen molar-refractivity contribution in [2.24, 2.45) is 7.05 Å². The summed E-state index contributed by atoms with van der Waals surface area (Å²) < 4.78 is 7.78. The van der Waals surface area contributed by atoms with Gasteiger partial charge in [0.2, 0.25) is 0 Å². The lowest BCUT2D eigenvalue weighted by Gasteiger charge is -2.35. The molecule has 0 unspecified atom stereocenters. The molecule has 1 saturated heterocycles. The average Bonchev–Trinajstić information content (AvgIpc) is 2.53. The van der Waals surface area contributed by atoms with Crippen molar-refractivity contribution in [1.82, 2.24) is 4.57 Å². The molecule has 1 aromatic heterocycles. The molecule has 2 aromatic rings. The second-order valence-electron chi connectivity index (χ2n) is 6.94. The van der Waals surface area contributed by atoms with Crippen LogP contribution in [0.4, 0.5) is 5.69 Å². The quantitative estimate of drug-likeness (QED) is 0.851. The van der Waals surface area contributed by atoms with Gasteiger partial charge in [0.15, 0.2) is 0 Å². The smallest absolute Gasteiger partial charge is 0.260 e. The topological polar surface area (TPSA) is 34.5 Å². The molecule has 0 radical (unpaired) electrons. The van der Waals surface area contributed by atoms with Gasteiger partial charge in [-0.25, -0.2) is 0 Å². The van der Waals surface area contributed by atoms with E-state index in [-0.39, 0.29) is 5.56 Å². The summed E-state index contributed by atoms with van der Waals surface area (Å²) in [5.74, 6) is 0.920. The minimum atomic E-state index is 0.0668. The molecule has 0 aliphatic carbocycles. The van der Waals surface area contributed by atoms with Crippen LogP contribution < -0.4 is 15.2 Å². The molecular weight excluding hydrogens is 300 g/mol. The maximum Gasteiger partial charge on any atom is 0.260 e. The lowest BCUT2D eigenvalue weighted by Crippen LogP contribution is -2.39. The monoisotopic (exact) mass is 324 g/mol. The molecule has 0 atom stereocenters. The summed E-state index contributed by atoms with van der Waals surface area (Å²) >= 11 is 0. The van der Waals surface area contributed by atoms with Crippen molar-refractivity contribution in [2.45, 2.75) is 33.1 Å². The van der Waals surface area contributed by atoms with E-state index in [4.69, 9.17) is 4.74 Å². The number of rotatable bonds is 2. The Morgan fingerprint density at radius 1 is 1.12 bits per heavy atom. The van der Waals surface area contributed by atoms with Crippen molar-refractivity contribution in [3.8, 4) is 16.9 Å². The molecular formula is C20H24N2O2. The first-order chi connectivity index (χ1) is 11.6. The molecule has 0 saturated carbocycles. The minimum absolute atomic E-state index is 0.0668. The highest BCUT2D eigenvalue weighted by atomic mass is 16.5. The lowest BCUT2D eigenvalue weighted by molar-refractivity contribution is 0.289. The number of ether oxygens (including phenoxy) is 1. The molecule has 24 heavy (non-hydrogen) atoms. The Bertz CT molecular complexity index is 863. The second kappa shape index (κ2) is 5.69. The molecule has 0 N–H and O–H groups in total. The first kappa shape index (κ1) is 15.3. The van der Waals surface area contributed by atoms with Crippen LogP contribution in [0.1, 0.15) is 29.7 Å². The van der Waals surface area contributed by atoms with Crippen LogP contribution in [0.5, 0.6) is 5.75 Å². The van der Waals surface area contributed by atoms with Gasteiger partial charge in [0.05, 0.1) is 17.9 Å². The Morgan fingerprint density at radius 2 is 1.92 bits per heavy atom. The van der Waals surface area contributed by atoms with Gasteiger partial charge in [0, 0.05) is 31.4 Å². The summed E-state index contributed by atoms with van der Waals surface area (Å²) in [4.78, 5) is 15.4. The average molecular weight is 324 g/mol. The number of hydrogen-bond donors (Lipinski definition) is 0. The Labute approximate surface area is 142 Å². The highest BCUT2D eigenvalue weighted by Crippen LogP contribution is 2.41. The molecule has 0 spiro atoms. The predicted molar refractivity (Wildman–Crippen MR) is 97.2 cm³/mol. The molecule has 4 heteroatoms. The number of aromatic nitrogens is 1. The van der Waals surface area contributed by atoms with E-state index >= 15 is 0 Å². The molecule has 4 nitrogen and oxygen atoms in total. The van der Waals surface area contributed by atoms with Crippen molar-refractivity contribution in [2.75, 3.05) is 24.6 Å². The fourth-order valence-corrected chi connectivity index (χ4v) is 3.69. The predicted octanol–water partition coefficient (Wildman–Crippen LogP) is 3.20. The van der Waals surface area contributed by atoms with Gasteiger partial charge < -0.3 is 14.2 Å². The lowest BCUT2D eigenvalue weighted by atomic mass is 9.93. The van der Waals surface area contributed by atoms with Crippen LogP contribution >= 0.6 is 0 Å². The van der Waals surface area contributed by atoms with Crippen molar-refractivity contribution in [3.05, 3.63) is 45.4 Å². The number of nitrogens with zero attached hydrogens (tertiary/aromatic N) is 2. The number of hydrogen-bond acceptors (Lipinski definition) is 3. The summed E-state index contributed by atoms with van der Waals surface area (Å²) in [6.07, 6.45) is 3.26. The molecule has 2 aliphatic rings. The van der Waals surface area contributed by atoms with Crippen LogP contribution in [0, 0.1) is 13.8 Å². The third-order valence-electron chi connectivity index (χ3n) is 5.43. The fourth-order valence-electron chi connectivity index (χ4n) is 3.69. The first-order valence-corrected chi connectivity index (χ1v) is 8.79. The van der Waals surface area contributed by atoms with E-state index in [2.05, 4.69) is 30.0 Å². The molecule has 0 bridgehead atoms. The van der Waals surface area contributed by atoms with E-state index in [1.807, 2.05) is 14.0 Å². The maximum absolute atomic E-state index is 13.1. The van der Waals surface area contributed by atoms with E-state index in [0.717, 1.165) is 60.8 Å². The molecule has 4 rings (SSSR count). The van der Waals surface area contributed by atoms with E-state index in [1.165, 1.54) is 17.5 Å². The van der Waals surface area contributed by atoms with Crippen molar-refractivity contribution >= 4 is 5.69 Å². The highest BCUT2D eigenvalue weighted by Gasteiger charge is 2.26. The third kappa shape index (κ3) is 2.24. The molecule has 1 fully saturated rings. The van der Waals surface area contributed by atoms with Crippen LogP contribution in [0.3, 0.4) is 0 Å². The Kier molecular flexibility index (Phi) is 3.63. The summed E-state index contributed by atoms with van der Waals surface area (Å²) in [6, 6.07) is 6.34. The molecule has 126 valence electrons. The van der Waals surface area contributed by atoms with Crippen LogP contribution in [-0.2, 0) is 13.5 Å². The van der Waals surface area contributed by atoms with E-state index in [9.17, 15) is 4.79 Å². The fraction of sp³-hybridized carbons (Fsp3) is 0.450. The van der Waals surface area contributed by atoms with Crippen molar-refractivity contribution < 1.29 is 4.74 Å². The summed E-state index contributed by atoms with van der Waals surface area (Å²) in [5.41, 5.74) is 6.38. The van der Waals surface area contributed by atoms with Gasteiger partial charge in [-0.1, -0.05) is 12.1 Å². The largest absolute Gasteiger partial charge is 0.493 e. The number of anilines is 1. The van der Waals surface area contributed by atoms with Crippen molar-refractivity contribution in [3.63, 3.8) is 0 Å². The van der Waals surface area contributed by atoms with Crippen LogP contribution in [0.25, 0.3) is 11.1 Å². The summed E-state index contributed by atoms with van der Waals surface area (Å²) in [7, 11) is 1.85. The molecule has 1 aromatic carbocycles. The normalized spacial score (nSPS) is 16.4. The molecule has 2 aliphatic heterocycles. The van der Waals surface area contributed by atoms with Crippen LogP contribution in [0.15, 0.2) is 23.0 Å². The number of benzene rings is 1. The van der Waals surface area contributed by atoms with Gasteiger partial charge in [-0.3, -0.25) is 4.79 Å². The maximum atomic E-state index is 13.1. The zero-order valence-electron chi connectivity index (χ0n) is 14.7. The van der Waals surface area contributed by atoms with Crippen LogP contribution in [-0.4, -0.2) is 24.3 Å². The first-order valence-electron chi connectivity index (χ1n) is 8.79. The number of pyridine rings is 1. The zero-order valence-corrected chi connectivity index (χ0v) is 14.7. The van der Waals surface area contributed by atoms with Crippen LogP contribution in [0.2, 0.25) is 0 Å². The SMILES string of the molecule is Cc1ccc(-c2c(N3CCC3)cc(C)n(C)c2=O)c2c1CCCO2. The Morgan fingerprint density at radius 3 is 2.62 bits per heavy atom. The molecule has 3 heterocycles. The Hall–Kier alpha value is -2.23. The second-order valence-corrected chi connectivity index (χ2v) is 6.94. The highest BCUT2D eigenvalue weighted by molar-refractivity contribution is 5.83. The van der Waals surface area contributed by atoms with E-state index < -0.39 is 0 Å². The van der Waals surface area contributed by atoms with Gasteiger partial charge in [0.25, 0.3) is 5.56 Å². The third-order valence-corrected chi connectivity index (χ3v) is 5.43. The molecule has 0 amide bonds. The van der Waals surface area contributed by atoms with Gasteiger partial charge in [0.1, 0.15) is 5.75 Å². The zero-order chi connectivity index (χ0) is 16.8. The van der Waals surface area contributed by atoms with Gasteiger partial charge >= 0.3 is 0 Å². The number of aryl methyl sites for hydroxylation is 2. The number of fused-ring (bicyclic) bond motifs is 1.